The summed E-state index contributed by atoms with van der Waals surface area (Å²) in [6.07, 6.45) is 65.2. The molecule has 0 N–H and O–H groups in total. The maximum Gasteiger partial charge on any atom is 0.306 e. The van der Waals surface area contributed by atoms with E-state index < -0.39 is 6.10 Å². The lowest BCUT2D eigenvalue weighted by Gasteiger charge is -2.18. The lowest BCUT2D eigenvalue weighted by atomic mass is 10.1. The van der Waals surface area contributed by atoms with Crippen LogP contribution in [0.5, 0.6) is 0 Å². The van der Waals surface area contributed by atoms with E-state index in [-0.39, 0.29) is 31.1 Å². The summed E-state index contributed by atoms with van der Waals surface area (Å²) in [5, 5.41) is 0. The topological polar surface area (TPSA) is 78.9 Å². The van der Waals surface area contributed by atoms with Crippen LogP contribution in [0, 0.1) is 0 Å². The smallest absolute Gasteiger partial charge is 0.306 e. The number of esters is 3. The average molecular weight is 911 g/mol. The molecule has 65 heavy (non-hydrogen) atoms. The molecule has 0 saturated carbocycles. The number of rotatable bonds is 51. The molecule has 0 aromatic carbocycles. The molecule has 0 rings (SSSR count). The van der Waals surface area contributed by atoms with E-state index in [0.29, 0.717) is 19.3 Å². The van der Waals surface area contributed by atoms with Crippen LogP contribution >= 0.6 is 0 Å². The minimum atomic E-state index is -0.778. The molecule has 0 amide bonds. The van der Waals surface area contributed by atoms with E-state index in [1.165, 1.54) is 173 Å². The van der Waals surface area contributed by atoms with E-state index >= 15 is 0 Å². The van der Waals surface area contributed by atoms with Gasteiger partial charge in [-0.3, -0.25) is 14.4 Å². The van der Waals surface area contributed by atoms with Crippen LogP contribution in [0.3, 0.4) is 0 Å². The van der Waals surface area contributed by atoms with Crippen molar-refractivity contribution in [3.05, 3.63) is 48.6 Å². The number of hydrogen-bond acceptors (Lipinski definition) is 6. The molecule has 0 aromatic rings. The van der Waals surface area contributed by atoms with Gasteiger partial charge in [0.15, 0.2) is 6.10 Å². The zero-order valence-corrected chi connectivity index (χ0v) is 43.3. The molecule has 0 radical (unpaired) electrons. The zero-order valence-electron chi connectivity index (χ0n) is 43.3. The van der Waals surface area contributed by atoms with Crippen LogP contribution in [-0.4, -0.2) is 37.2 Å². The molecule has 0 saturated heterocycles. The van der Waals surface area contributed by atoms with E-state index in [2.05, 4.69) is 69.4 Å². The molecule has 0 spiro atoms. The highest BCUT2D eigenvalue weighted by Crippen LogP contribution is 2.15. The van der Waals surface area contributed by atoms with Crippen molar-refractivity contribution in [2.45, 2.75) is 297 Å². The van der Waals surface area contributed by atoms with Crippen LogP contribution in [0.4, 0.5) is 0 Å². The summed E-state index contributed by atoms with van der Waals surface area (Å²) in [6.45, 7) is 6.61. The van der Waals surface area contributed by atoms with Crippen LogP contribution < -0.4 is 0 Å². The van der Waals surface area contributed by atoms with Gasteiger partial charge in [0, 0.05) is 19.3 Å². The maximum absolute atomic E-state index is 12.8. The van der Waals surface area contributed by atoms with E-state index in [1.807, 2.05) is 0 Å². The van der Waals surface area contributed by atoms with Gasteiger partial charge >= 0.3 is 17.9 Å². The van der Waals surface area contributed by atoms with E-state index in [9.17, 15) is 14.4 Å². The van der Waals surface area contributed by atoms with Gasteiger partial charge in [-0.15, -0.1) is 0 Å². The lowest BCUT2D eigenvalue weighted by Crippen LogP contribution is -2.30. The Morgan fingerprint density at radius 1 is 0.308 bits per heavy atom. The number of ether oxygens (including phenoxy) is 3. The minimum Gasteiger partial charge on any atom is -0.462 e. The number of carbonyl (C=O) groups is 3. The van der Waals surface area contributed by atoms with Crippen LogP contribution in [0.25, 0.3) is 0 Å². The molecule has 0 aliphatic rings. The molecular formula is C59H106O6. The van der Waals surface area contributed by atoms with Gasteiger partial charge in [0.05, 0.1) is 0 Å². The third-order valence-electron chi connectivity index (χ3n) is 12.3. The first kappa shape index (κ1) is 62.4. The van der Waals surface area contributed by atoms with Gasteiger partial charge in [-0.25, -0.2) is 0 Å². The van der Waals surface area contributed by atoms with Crippen molar-refractivity contribution < 1.29 is 28.6 Å². The predicted molar refractivity (Wildman–Crippen MR) is 279 cm³/mol. The fraction of sp³-hybridized carbons (Fsp3) is 0.814. The summed E-state index contributed by atoms with van der Waals surface area (Å²) in [5.41, 5.74) is 0. The Labute approximate surface area is 403 Å². The number of carbonyl (C=O) groups excluding carboxylic acids is 3. The Balaban J connectivity index is 4.35. The van der Waals surface area contributed by atoms with Gasteiger partial charge < -0.3 is 14.2 Å². The predicted octanol–water partition coefficient (Wildman–Crippen LogP) is 18.7. The molecule has 0 aliphatic carbocycles. The Bertz CT molecular complexity index is 1140. The van der Waals surface area contributed by atoms with E-state index in [1.54, 1.807) is 0 Å². The Kier molecular flexibility index (Phi) is 51.8. The van der Waals surface area contributed by atoms with Gasteiger partial charge in [0.1, 0.15) is 13.2 Å². The monoisotopic (exact) mass is 911 g/mol. The summed E-state index contributed by atoms with van der Waals surface area (Å²) in [5.74, 6) is -0.883. The normalized spacial score (nSPS) is 12.4. The van der Waals surface area contributed by atoms with Crippen LogP contribution in [-0.2, 0) is 28.6 Å². The standard InChI is InChI=1S/C59H106O6/c1-4-7-10-13-16-19-22-24-26-28-29-31-32-34-37-40-43-46-49-52-58(61)64-55-56(54-63-57(60)51-48-45-42-39-36-21-18-15-12-9-6-3)65-59(62)53-50-47-44-41-38-35-33-30-27-25-23-20-17-14-11-8-5-2/h16,19,24-27,29,31,56H,4-15,17-18,20-23,28,30,32-55H2,1-3H3/b19-16-,26-24-,27-25-,31-29-/t56-/m1/s1. The third kappa shape index (κ3) is 52.2. The summed E-state index contributed by atoms with van der Waals surface area (Å²) in [4.78, 5) is 38.1. The van der Waals surface area contributed by atoms with Crippen LogP contribution in [0.1, 0.15) is 290 Å². The van der Waals surface area contributed by atoms with Crippen molar-refractivity contribution >= 4 is 17.9 Å². The summed E-state index contributed by atoms with van der Waals surface area (Å²) < 4.78 is 16.8. The quantitative estimate of drug-likeness (QED) is 0.0262. The second-order valence-corrected chi connectivity index (χ2v) is 18.8. The summed E-state index contributed by atoms with van der Waals surface area (Å²) in [7, 11) is 0. The van der Waals surface area contributed by atoms with E-state index in [4.69, 9.17) is 14.2 Å². The molecule has 6 nitrogen and oxygen atoms in total. The van der Waals surface area contributed by atoms with Gasteiger partial charge in [-0.2, -0.15) is 0 Å². The molecule has 6 heteroatoms. The first-order valence-corrected chi connectivity index (χ1v) is 28.1. The molecule has 0 unspecified atom stereocenters. The van der Waals surface area contributed by atoms with E-state index in [0.717, 1.165) is 77.0 Å². The number of unbranched alkanes of at least 4 members (excludes halogenated alkanes) is 32. The maximum atomic E-state index is 12.8. The summed E-state index contributed by atoms with van der Waals surface area (Å²) in [6, 6.07) is 0. The summed E-state index contributed by atoms with van der Waals surface area (Å²) >= 11 is 0. The average Bonchev–Trinajstić information content (AvgIpc) is 3.30. The van der Waals surface area contributed by atoms with Gasteiger partial charge in [0.25, 0.3) is 0 Å². The number of hydrogen-bond donors (Lipinski definition) is 0. The van der Waals surface area contributed by atoms with Crippen molar-refractivity contribution in [1.82, 2.24) is 0 Å². The van der Waals surface area contributed by atoms with Gasteiger partial charge in [-0.05, 0) is 83.5 Å². The SMILES string of the molecule is CCCCC/C=C\C/C=C\C/C=C\CCCCCCCCC(=O)OC[C@@H](COC(=O)CCCCCCCCCCCCC)OC(=O)CCCCCCCCC/C=C\CCCCCCCC. The van der Waals surface area contributed by atoms with Gasteiger partial charge in [-0.1, -0.05) is 236 Å². The first-order valence-electron chi connectivity index (χ1n) is 28.1. The second kappa shape index (κ2) is 54.0. The molecular weight excluding hydrogens is 805 g/mol. The Morgan fingerprint density at radius 2 is 0.554 bits per heavy atom. The van der Waals surface area contributed by atoms with Crippen molar-refractivity contribution in [1.29, 1.82) is 0 Å². The first-order chi connectivity index (χ1) is 32.0. The van der Waals surface area contributed by atoms with Crippen molar-refractivity contribution in [2.75, 3.05) is 13.2 Å². The highest BCUT2D eigenvalue weighted by molar-refractivity contribution is 5.71. The Morgan fingerprint density at radius 3 is 0.908 bits per heavy atom. The molecule has 0 aliphatic heterocycles. The zero-order chi connectivity index (χ0) is 47.2. The molecule has 0 heterocycles. The fourth-order valence-electron chi connectivity index (χ4n) is 8.03. The molecule has 0 aromatic heterocycles. The third-order valence-corrected chi connectivity index (χ3v) is 12.3. The largest absolute Gasteiger partial charge is 0.462 e. The van der Waals surface area contributed by atoms with Gasteiger partial charge in [0.2, 0.25) is 0 Å². The number of allylic oxidation sites excluding steroid dienone is 8. The van der Waals surface area contributed by atoms with Crippen LogP contribution in [0.2, 0.25) is 0 Å². The van der Waals surface area contributed by atoms with Crippen LogP contribution in [0.15, 0.2) is 48.6 Å². The highest BCUT2D eigenvalue weighted by atomic mass is 16.6. The van der Waals surface area contributed by atoms with Crippen molar-refractivity contribution in [3.63, 3.8) is 0 Å². The highest BCUT2D eigenvalue weighted by Gasteiger charge is 2.19. The molecule has 0 fully saturated rings. The fourth-order valence-corrected chi connectivity index (χ4v) is 8.03. The Hall–Kier alpha value is -2.63. The molecule has 0 bridgehead atoms. The van der Waals surface area contributed by atoms with Crippen molar-refractivity contribution in [3.8, 4) is 0 Å². The second-order valence-electron chi connectivity index (χ2n) is 18.8. The minimum absolute atomic E-state index is 0.0765. The lowest BCUT2D eigenvalue weighted by molar-refractivity contribution is -0.167. The molecule has 1 atom stereocenters. The van der Waals surface area contributed by atoms with Crippen molar-refractivity contribution in [2.24, 2.45) is 0 Å². The molecule has 378 valence electrons.